The molecule has 2 nitrogen and oxygen atoms in total. The first-order valence-electron chi connectivity index (χ1n) is 5.24. The van der Waals surface area contributed by atoms with Crippen LogP contribution in [0.4, 0.5) is 10.1 Å². The number of benzene rings is 2. The molecule has 2 N–H and O–H groups in total. The Morgan fingerprint density at radius 1 is 1.22 bits per heavy atom. The Kier molecular flexibility index (Phi) is 4.14. The van der Waals surface area contributed by atoms with Gasteiger partial charge in [-0.25, -0.2) is 4.39 Å². The van der Waals surface area contributed by atoms with Gasteiger partial charge in [-0.3, -0.25) is 4.21 Å². The largest absolute Gasteiger partial charge is 0.399 e. The summed E-state index contributed by atoms with van der Waals surface area (Å²) in [5.74, 6) is -0.218. The van der Waals surface area contributed by atoms with Crippen molar-refractivity contribution in [1.82, 2.24) is 0 Å². The summed E-state index contributed by atoms with van der Waals surface area (Å²) < 4.78 is 26.4. The second-order valence-corrected chi connectivity index (χ2v) is 6.16. The Bertz CT molecular complexity index is 603. The van der Waals surface area contributed by atoms with Gasteiger partial charge >= 0.3 is 0 Å². The van der Waals surface area contributed by atoms with Gasteiger partial charge in [-0.15, -0.1) is 0 Å². The molecule has 5 heteroatoms. The van der Waals surface area contributed by atoms with Gasteiger partial charge in [0.25, 0.3) is 0 Å². The number of halogens is 2. The number of nitrogens with two attached hydrogens (primary N) is 1. The molecule has 0 aliphatic rings. The van der Waals surface area contributed by atoms with E-state index in [0.717, 1.165) is 4.47 Å². The molecule has 0 heterocycles. The lowest BCUT2D eigenvalue weighted by molar-refractivity contribution is 0.615. The molecule has 0 aliphatic carbocycles. The van der Waals surface area contributed by atoms with Crippen molar-refractivity contribution in [2.24, 2.45) is 0 Å². The van der Waals surface area contributed by atoms with Crippen LogP contribution in [0.15, 0.2) is 51.8 Å². The van der Waals surface area contributed by atoms with Gasteiger partial charge in [0.2, 0.25) is 0 Å². The normalized spacial score (nSPS) is 12.3. The van der Waals surface area contributed by atoms with Crippen LogP contribution in [-0.2, 0) is 16.6 Å². The zero-order valence-electron chi connectivity index (χ0n) is 9.40. The van der Waals surface area contributed by atoms with Crippen molar-refractivity contribution in [2.75, 3.05) is 5.73 Å². The van der Waals surface area contributed by atoms with Gasteiger partial charge in [-0.1, -0.05) is 22.0 Å². The molecule has 2 aromatic rings. The van der Waals surface area contributed by atoms with Crippen LogP contribution in [0.25, 0.3) is 0 Å². The van der Waals surface area contributed by atoms with Crippen molar-refractivity contribution in [3.8, 4) is 0 Å². The number of nitrogen functional groups attached to an aromatic ring is 1. The summed E-state index contributed by atoms with van der Waals surface area (Å²) in [5, 5.41) is 0. The molecule has 2 rings (SSSR count). The third-order valence-electron chi connectivity index (χ3n) is 2.42. The van der Waals surface area contributed by atoms with E-state index in [2.05, 4.69) is 15.9 Å². The minimum Gasteiger partial charge on any atom is -0.399 e. The predicted molar refractivity (Wildman–Crippen MR) is 75.1 cm³/mol. The highest BCUT2D eigenvalue weighted by Crippen LogP contribution is 2.20. The molecule has 2 aromatic carbocycles. The summed E-state index contributed by atoms with van der Waals surface area (Å²) in [6.07, 6.45) is 0. The van der Waals surface area contributed by atoms with Crippen LogP contribution in [0, 0.1) is 5.82 Å². The van der Waals surface area contributed by atoms with Crippen LogP contribution >= 0.6 is 15.9 Å². The van der Waals surface area contributed by atoms with E-state index in [4.69, 9.17) is 5.73 Å². The Morgan fingerprint density at radius 2 is 2.00 bits per heavy atom. The van der Waals surface area contributed by atoms with Crippen molar-refractivity contribution < 1.29 is 8.60 Å². The van der Waals surface area contributed by atoms with Crippen LogP contribution in [0.3, 0.4) is 0 Å². The molecule has 1 unspecified atom stereocenters. The average molecular weight is 328 g/mol. The lowest BCUT2D eigenvalue weighted by Crippen LogP contribution is -2.00. The number of hydrogen-bond donors (Lipinski definition) is 1. The third-order valence-corrected chi connectivity index (χ3v) is 4.26. The molecule has 0 saturated heterocycles. The maximum absolute atomic E-state index is 13.5. The quantitative estimate of drug-likeness (QED) is 0.877. The van der Waals surface area contributed by atoms with Gasteiger partial charge in [0.05, 0.1) is 16.6 Å². The molecule has 0 fully saturated rings. The maximum Gasteiger partial charge on any atom is 0.127 e. The van der Waals surface area contributed by atoms with E-state index in [9.17, 15) is 8.60 Å². The molecular weight excluding hydrogens is 317 g/mol. The summed E-state index contributed by atoms with van der Waals surface area (Å²) >= 11 is 3.27. The molecule has 0 spiro atoms. The summed E-state index contributed by atoms with van der Waals surface area (Å²) in [5.41, 5.74) is 6.60. The van der Waals surface area contributed by atoms with Crippen molar-refractivity contribution >= 4 is 32.4 Å². The molecule has 0 saturated carbocycles. The highest BCUT2D eigenvalue weighted by atomic mass is 79.9. The first-order chi connectivity index (χ1) is 8.56. The van der Waals surface area contributed by atoms with Gasteiger partial charge in [-0.05, 0) is 36.4 Å². The van der Waals surface area contributed by atoms with Crippen molar-refractivity contribution in [1.29, 1.82) is 0 Å². The summed E-state index contributed by atoms with van der Waals surface area (Å²) in [6.45, 7) is 0. The smallest absolute Gasteiger partial charge is 0.127 e. The van der Waals surface area contributed by atoms with Crippen molar-refractivity contribution in [3.05, 3.63) is 58.3 Å². The van der Waals surface area contributed by atoms with E-state index < -0.39 is 10.8 Å². The van der Waals surface area contributed by atoms with Crippen molar-refractivity contribution in [2.45, 2.75) is 10.6 Å². The molecule has 0 aliphatic heterocycles. The van der Waals surface area contributed by atoms with E-state index in [-0.39, 0.29) is 11.6 Å². The van der Waals surface area contributed by atoms with E-state index in [1.54, 1.807) is 36.4 Å². The van der Waals surface area contributed by atoms with Gasteiger partial charge in [0.1, 0.15) is 5.82 Å². The molecule has 18 heavy (non-hydrogen) atoms. The number of rotatable bonds is 3. The van der Waals surface area contributed by atoms with E-state index in [1.165, 1.54) is 6.07 Å². The fourth-order valence-corrected chi connectivity index (χ4v) is 3.11. The van der Waals surface area contributed by atoms with E-state index in [1.807, 2.05) is 0 Å². The Hall–Kier alpha value is -1.20. The third kappa shape index (κ3) is 3.17. The first kappa shape index (κ1) is 13.2. The zero-order chi connectivity index (χ0) is 13.1. The Balaban J connectivity index is 2.24. The summed E-state index contributed by atoms with van der Waals surface area (Å²) in [6, 6.07) is 11.4. The van der Waals surface area contributed by atoms with Gasteiger partial charge in [0.15, 0.2) is 0 Å². The second-order valence-electron chi connectivity index (χ2n) is 3.80. The molecular formula is C13H11BrFNOS. The molecule has 94 valence electrons. The van der Waals surface area contributed by atoms with E-state index >= 15 is 0 Å². The average Bonchev–Trinajstić information content (AvgIpc) is 2.34. The fraction of sp³-hybridized carbons (Fsp3) is 0.0769. The lowest BCUT2D eigenvalue weighted by atomic mass is 10.2. The first-order valence-corrected chi connectivity index (χ1v) is 7.35. The van der Waals surface area contributed by atoms with Crippen LogP contribution in [0.2, 0.25) is 0 Å². The van der Waals surface area contributed by atoms with Crippen molar-refractivity contribution in [3.63, 3.8) is 0 Å². The van der Waals surface area contributed by atoms with Crippen LogP contribution in [-0.4, -0.2) is 4.21 Å². The van der Waals surface area contributed by atoms with Crippen LogP contribution < -0.4 is 5.73 Å². The lowest BCUT2D eigenvalue weighted by Gasteiger charge is -2.05. The predicted octanol–water partition coefficient (Wildman–Crippen LogP) is 3.48. The number of hydrogen-bond acceptors (Lipinski definition) is 2. The summed E-state index contributed by atoms with van der Waals surface area (Å²) in [7, 11) is -1.30. The van der Waals surface area contributed by atoms with Gasteiger partial charge in [0, 0.05) is 20.6 Å². The number of anilines is 1. The summed E-state index contributed by atoms with van der Waals surface area (Å²) in [4.78, 5) is 0.606. The van der Waals surface area contributed by atoms with Gasteiger partial charge in [-0.2, -0.15) is 0 Å². The molecule has 0 bridgehead atoms. The highest BCUT2D eigenvalue weighted by Gasteiger charge is 2.09. The minimum atomic E-state index is -1.30. The van der Waals surface area contributed by atoms with Gasteiger partial charge < -0.3 is 5.73 Å². The SMILES string of the molecule is Nc1cccc(S(=O)Cc2cc(Br)ccc2F)c1. The Morgan fingerprint density at radius 3 is 2.72 bits per heavy atom. The fourth-order valence-electron chi connectivity index (χ4n) is 1.53. The molecule has 1 atom stereocenters. The monoisotopic (exact) mass is 327 g/mol. The minimum absolute atomic E-state index is 0.134. The molecule has 0 radical (unpaired) electrons. The van der Waals surface area contributed by atoms with Crippen LogP contribution in [0.5, 0.6) is 0 Å². The topological polar surface area (TPSA) is 43.1 Å². The van der Waals surface area contributed by atoms with Crippen LogP contribution in [0.1, 0.15) is 5.56 Å². The Labute approximate surface area is 116 Å². The maximum atomic E-state index is 13.5. The molecule has 0 aromatic heterocycles. The standard InChI is InChI=1S/C13H11BrFNOS/c14-10-4-5-13(15)9(6-10)8-18(17)12-3-1-2-11(16)7-12/h1-7H,8,16H2. The van der Waals surface area contributed by atoms with E-state index in [0.29, 0.717) is 16.1 Å². The zero-order valence-corrected chi connectivity index (χ0v) is 11.8. The second kappa shape index (κ2) is 5.63. The highest BCUT2D eigenvalue weighted by molar-refractivity contribution is 9.10. The molecule has 0 amide bonds.